The molecule has 4 heteroatoms. The summed E-state index contributed by atoms with van der Waals surface area (Å²) in [5, 5.41) is 2.99. The Morgan fingerprint density at radius 1 is 1.32 bits per heavy atom. The summed E-state index contributed by atoms with van der Waals surface area (Å²) in [7, 11) is 1.54. The number of aromatic nitrogens is 1. The lowest BCUT2D eigenvalue weighted by Crippen LogP contribution is -2.34. The van der Waals surface area contributed by atoms with Crippen molar-refractivity contribution in [3.63, 3.8) is 0 Å². The highest BCUT2D eigenvalue weighted by atomic mass is 16.5. The summed E-state index contributed by atoms with van der Waals surface area (Å²) in [5.41, 5.74) is 0.531. The Hall–Kier alpha value is -1.58. The largest absolute Gasteiger partial charge is 0.494 e. The summed E-state index contributed by atoms with van der Waals surface area (Å²) >= 11 is 0. The van der Waals surface area contributed by atoms with E-state index >= 15 is 0 Å². The van der Waals surface area contributed by atoms with Crippen LogP contribution in [0.2, 0.25) is 0 Å². The number of hydrogen-bond acceptors (Lipinski definition) is 3. The molecule has 106 valence electrons. The summed E-state index contributed by atoms with van der Waals surface area (Å²) in [6.07, 6.45) is 3.15. The first kappa shape index (κ1) is 15.5. The van der Waals surface area contributed by atoms with E-state index in [2.05, 4.69) is 38.0 Å². The first-order valence-electron chi connectivity index (χ1n) is 6.73. The number of nitrogens with one attached hydrogen (secondary N) is 1. The summed E-state index contributed by atoms with van der Waals surface area (Å²) < 4.78 is 5.14. The normalized spacial score (nSPS) is 11.2. The minimum Gasteiger partial charge on any atom is -0.494 e. The summed E-state index contributed by atoms with van der Waals surface area (Å²) in [4.78, 5) is 16.1. The molecule has 0 aliphatic heterocycles. The molecule has 1 aromatic rings. The Morgan fingerprint density at radius 3 is 2.47 bits per heavy atom. The number of methoxy groups -OCH3 is 1. The second-order valence-electron chi connectivity index (χ2n) is 5.44. The van der Waals surface area contributed by atoms with Gasteiger partial charge in [0.1, 0.15) is 5.75 Å². The number of hydrogen-bond donors (Lipinski definition) is 1. The number of carbonyl (C=O) groups is 1. The molecule has 1 N–H and O–H groups in total. The average Bonchev–Trinajstić information content (AvgIpc) is 2.37. The smallest absolute Gasteiger partial charge is 0.255 e. The van der Waals surface area contributed by atoms with E-state index in [-0.39, 0.29) is 5.91 Å². The van der Waals surface area contributed by atoms with Crippen LogP contribution < -0.4 is 10.1 Å². The van der Waals surface area contributed by atoms with E-state index in [4.69, 9.17) is 4.74 Å². The average molecular weight is 264 g/mol. The van der Waals surface area contributed by atoms with E-state index in [1.165, 1.54) is 0 Å². The van der Waals surface area contributed by atoms with Crippen molar-refractivity contribution in [1.29, 1.82) is 0 Å². The summed E-state index contributed by atoms with van der Waals surface area (Å²) in [6, 6.07) is 1.67. The van der Waals surface area contributed by atoms with Gasteiger partial charge >= 0.3 is 0 Å². The van der Waals surface area contributed by atoms with Crippen molar-refractivity contribution in [3.8, 4) is 5.75 Å². The van der Waals surface area contributed by atoms with E-state index in [0.29, 0.717) is 35.6 Å². The molecule has 1 heterocycles. The highest BCUT2D eigenvalue weighted by molar-refractivity contribution is 5.96. The maximum atomic E-state index is 12.2. The van der Waals surface area contributed by atoms with E-state index in [0.717, 1.165) is 0 Å². The molecule has 1 rings (SSSR count). The first-order valence-corrected chi connectivity index (χ1v) is 6.73. The van der Waals surface area contributed by atoms with Gasteiger partial charge in [0.25, 0.3) is 5.91 Å². The topological polar surface area (TPSA) is 51.2 Å². The number of ether oxygens (including phenoxy) is 1. The van der Waals surface area contributed by atoms with Crippen LogP contribution in [0.3, 0.4) is 0 Å². The van der Waals surface area contributed by atoms with Crippen LogP contribution in [0.1, 0.15) is 38.1 Å². The number of rotatable bonds is 6. The van der Waals surface area contributed by atoms with Crippen molar-refractivity contribution in [2.45, 2.75) is 27.7 Å². The Balaban J connectivity index is 2.69. The quantitative estimate of drug-likeness (QED) is 0.859. The highest BCUT2D eigenvalue weighted by Gasteiger charge is 2.19. The molecular formula is C15H24N2O2. The molecular weight excluding hydrogens is 240 g/mol. The zero-order valence-electron chi connectivity index (χ0n) is 12.4. The molecule has 0 aliphatic rings. The van der Waals surface area contributed by atoms with Gasteiger partial charge in [-0.2, -0.15) is 0 Å². The lowest BCUT2D eigenvalue weighted by atomic mass is 9.85. The summed E-state index contributed by atoms with van der Waals surface area (Å²) in [5.74, 6) is 1.95. The van der Waals surface area contributed by atoms with Crippen LogP contribution in [0.15, 0.2) is 18.5 Å². The van der Waals surface area contributed by atoms with E-state index in [9.17, 15) is 4.79 Å². The van der Waals surface area contributed by atoms with Gasteiger partial charge in [0.15, 0.2) is 0 Å². The molecule has 0 atom stereocenters. The van der Waals surface area contributed by atoms with E-state index in [1.54, 1.807) is 25.6 Å². The molecule has 1 aromatic heterocycles. The third-order valence-electron chi connectivity index (χ3n) is 3.46. The number of pyridine rings is 1. The molecule has 1 amide bonds. The fourth-order valence-electron chi connectivity index (χ4n) is 2.28. The first-order chi connectivity index (χ1) is 8.97. The molecule has 0 unspecified atom stereocenters. The molecule has 0 aliphatic carbocycles. The molecule has 0 bridgehead atoms. The minimum absolute atomic E-state index is 0.106. The SMILES string of the molecule is COc1cnccc1C(=O)NCC(C(C)C)C(C)C. The van der Waals surface area contributed by atoms with Gasteiger partial charge < -0.3 is 10.1 Å². The van der Waals surface area contributed by atoms with Gasteiger partial charge in [-0.25, -0.2) is 0 Å². The van der Waals surface area contributed by atoms with Crippen molar-refractivity contribution in [2.24, 2.45) is 17.8 Å². The van der Waals surface area contributed by atoms with Gasteiger partial charge in [0.05, 0.1) is 18.9 Å². The van der Waals surface area contributed by atoms with Crippen LogP contribution in [-0.4, -0.2) is 24.5 Å². The Kier molecular flexibility index (Phi) is 5.80. The molecule has 19 heavy (non-hydrogen) atoms. The van der Waals surface area contributed by atoms with Crippen molar-refractivity contribution >= 4 is 5.91 Å². The van der Waals surface area contributed by atoms with Gasteiger partial charge in [-0.05, 0) is 23.8 Å². The molecule has 0 saturated heterocycles. The van der Waals surface area contributed by atoms with Gasteiger partial charge in [-0.15, -0.1) is 0 Å². The fraction of sp³-hybridized carbons (Fsp3) is 0.600. The number of carbonyl (C=O) groups excluding carboxylic acids is 1. The summed E-state index contributed by atoms with van der Waals surface area (Å²) in [6.45, 7) is 9.42. The zero-order valence-corrected chi connectivity index (χ0v) is 12.4. The molecule has 0 aromatic carbocycles. The fourth-order valence-corrected chi connectivity index (χ4v) is 2.28. The predicted molar refractivity (Wildman–Crippen MR) is 76.3 cm³/mol. The Labute approximate surface area is 115 Å². The lowest BCUT2D eigenvalue weighted by Gasteiger charge is -2.25. The maximum Gasteiger partial charge on any atom is 0.255 e. The Bertz CT molecular complexity index is 408. The monoisotopic (exact) mass is 264 g/mol. The van der Waals surface area contributed by atoms with Crippen LogP contribution in [0.25, 0.3) is 0 Å². The molecule has 0 radical (unpaired) electrons. The van der Waals surface area contributed by atoms with Crippen molar-refractivity contribution in [2.75, 3.05) is 13.7 Å². The van der Waals surface area contributed by atoms with Crippen molar-refractivity contribution in [3.05, 3.63) is 24.0 Å². The van der Waals surface area contributed by atoms with Crippen LogP contribution in [0.4, 0.5) is 0 Å². The standard InChI is InChI=1S/C15H24N2O2/c1-10(2)13(11(3)4)8-17-15(18)12-6-7-16-9-14(12)19-5/h6-7,9-11,13H,8H2,1-5H3,(H,17,18). The van der Waals surface area contributed by atoms with Gasteiger partial charge in [0, 0.05) is 12.7 Å². The van der Waals surface area contributed by atoms with Crippen molar-refractivity contribution < 1.29 is 9.53 Å². The van der Waals surface area contributed by atoms with Gasteiger partial charge in [0.2, 0.25) is 0 Å². The zero-order chi connectivity index (χ0) is 14.4. The third kappa shape index (κ3) is 4.23. The molecule has 0 spiro atoms. The van der Waals surface area contributed by atoms with Crippen LogP contribution in [0.5, 0.6) is 5.75 Å². The van der Waals surface area contributed by atoms with E-state index in [1.807, 2.05) is 0 Å². The Morgan fingerprint density at radius 2 is 1.95 bits per heavy atom. The van der Waals surface area contributed by atoms with Crippen LogP contribution >= 0.6 is 0 Å². The number of amides is 1. The molecule has 0 fully saturated rings. The minimum atomic E-state index is -0.106. The highest BCUT2D eigenvalue weighted by Crippen LogP contribution is 2.20. The van der Waals surface area contributed by atoms with Crippen molar-refractivity contribution in [1.82, 2.24) is 10.3 Å². The van der Waals surface area contributed by atoms with Crippen LogP contribution in [0, 0.1) is 17.8 Å². The maximum absolute atomic E-state index is 12.2. The van der Waals surface area contributed by atoms with Gasteiger partial charge in [-0.1, -0.05) is 27.7 Å². The lowest BCUT2D eigenvalue weighted by molar-refractivity contribution is 0.0934. The predicted octanol–water partition coefficient (Wildman–Crippen LogP) is 2.75. The van der Waals surface area contributed by atoms with Gasteiger partial charge in [-0.3, -0.25) is 9.78 Å². The van der Waals surface area contributed by atoms with E-state index < -0.39 is 0 Å². The second-order valence-corrected chi connectivity index (χ2v) is 5.44. The number of nitrogens with zero attached hydrogens (tertiary/aromatic N) is 1. The van der Waals surface area contributed by atoms with Crippen LogP contribution in [-0.2, 0) is 0 Å². The third-order valence-corrected chi connectivity index (χ3v) is 3.46. The molecule has 4 nitrogen and oxygen atoms in total. The molecule has 0 saturated carbocycles. The second kappa shape index (κ2) is 7.12.